The zero-order valence-corrected chi connectivity index (χ0v) is 11.0. The number of nitrogens with two attached hydrogens (primary N) is 1. The molecule has 0 aliphatic rings. The largest absolute Gasteiger partial charge is 0.326 e. The summed E-state index contributed by atoms with van der Waals surface area (Å²) in [6, 6.07) is 10.3. The number of unbranched alkanes of at least 4 members (excludes halogenated alkanes) is 1. The van der Waals surface area contributed by atoms with Gasteiger partial charge in [-0.25, -0.2) is 4.98 Å². The Labute approximate surface area is 107 Å². The molecule has 1 aromatic heterocycles. The van der Waals surface area contributed by atoms with E-state index >= 15 is 0 Å². The molecule has 0 saturated carbocycles. The molecule has 2 aromatic rings. The molecule has 0 unspecified atom stereocenters. The molecule has 17 heavy (non-hydrogen) atoms. The number of benzene rings is 1. The van der Waals surface area contributed by atoms with Crippen LogP contribution in [0.1, 0.15) is 25.3 Å². The van der Waals surface area contributed by atoms with E-state index in [1.165, 1.54) is 23.8 Å². The first kappa shape index (κ1) is 12.4. The van der Waals surface area contributed by atoms with Gasteiger partial charge in [0.1, 0.15) is 0 Å². The van der Waals surface area contributed by atoms with Crippen molar-refractivity contribution in [1.29, 1.82) is 0 Å². The molecule has 90 valence electrons. The van der Waals surface area contributed by atoms with Crippen LogP contribution in [-0.4, -0.2) is 10.7 Å². The highest BCUT2D eigenvalue weighted by atomic mass is 32.2. The first-order chi connectivity index (χ1) is 8.35. The van der Waals surface area contributed by atoms with E-state index in [0.29, 0.717) is 6.54 Å². The van der Waals surface area contributed by atoms with Gasteiger partial charge in [0.05, 0.1) is 10.5 Å². The van der Waals surface area contributed by atoms with Gasteiger partial charge in [0.25, 0.3) is 0 Å². The van der Waals surface area contributed by atoms with Crippen LogP contribution in [0.25, 0.3) is 10.9 Å². The lowest BCUT2D eigenvalue weighted by Gasteiger charge is -2.07. The summed E-state index contributed by atoms with van der Waals surface area (Å²) in [7, 11) is 0. The lowest BCUT2D eigenvalue weighted by molar-refractivity contribution is 0.894. The fourth-order valence-corrected chi connectivity index (χ4v) is 2.82. The van der Waals surface area contributed by atoms with Gasteiger partial charge in [-0.15, -0.1) is 11.8 Å². The van der Waals surface area contributed by atoms with E-state index in [0.717, 1.165) is 16.3 Å². The van der Waals surface area contributed by atoms with Crippen molar-refractivity contribution in [1.82, 2.24) is 4.98 Å². The molecule has 0 bridgehead atoms. The van der Waals surface area contributed by atoms with Crippen LogP contribution in [0.4, 0.5) is 0 Å². The lowest BCUT2D eigenvalue weighted by Crippen LogP contribution is -1.99. The third-order valence-corrected chi connectivity index (χ3v) is 3.74. The molecule has 0 radical (unpaired) electrons. The third kappa shape index (κ3) is 2.99. The van der Waals surface area contributed by atoms with Crippen molar-refractivity contribution in [3.63, 3.8) is 0 Å². The fourth-order valence-electron chi connectivity index (χ4n) is 1.78. The van der Waals surface area contributed by atoms with Gasteiger partial charge in [0.2, 0.25) is 0 Å². The van der Waals surface area contributed by atoms with Gasteiger partial charge in [-0.1, -0.05) is 31.5 Å². The van der Waals surface area contributed by atoms with E-state index in [1.54, 1.807) is 0 Å². The summed E-state index contributed by atoms with van der Waals surface area (Å²) < 4.78 is 0. The van der Waals surface area contributed by atoms with Crippen molar-refractivity contribution in [2.45, 2.75) is 31.3 Å². The smallest absolute Gasteiger partial charge is 0.0970 e. The molecule has 0 spiro atoms. The quantitative estimate of drug-likeness (QED) is 0.647. The minimum absolute atomic E-state index is 0.574. The summed E-state index contributed by atoms with van der Waals surface area (Å²) in [5.74, 6) is 1.13. The van der Waals surface area contributed by atoms with E-state index in [-0.39, 0.29) is 0 Å². The van der Waals surface area contributed by atoms with Gasteiger partial charge >= 0.3 is 0 Å². The molecule has 0 amide bonds. The maximum atomic E-state index is 5.80. The van der Waals surface area contributed by atoms with Crippen molar-refractivity contribution in [3.8, 4) is 0 Å². The van der Waals surface area contributed by atoms with E-state index < -0.39 is 0 Å². The molecule has 3 heteroatoms. The minimum atomic E-state index is 0.574. The third-order valence-electron chi connectivity index (χ3n) is 2.75. The number of hydrogen-bond donors (Lipinski definition) is 1. The molecule has 2 rings (SSSR count). The van der Waals surface area contributed by atoms with Gasteiger partial charge in [0, 0.05) is 11.9 Å². The average molecular weight is 246 g/mol. The van der Waals surface area contributed by atoms with Crippen molar-refractivity contribution in [2.75, 3.05) is 5.75 Å². The molecule has 0 saturated heterocycles. The molecular formula is C14H18N2S. The van der Waals surface area contributed by atoms with Crippen LogP contribution in [0, 0.1) is 0 Å². The second-order valence-electron chi connectivity index (χ2n) is 4.04. The van der Waals surface area contributed by atoms with Crippen LogP contribution in [-0.2, 0) is 6.54 Å². The number of para-hydroxylation sites is 1. The van der Waals surface area contributed by atoms with E-state index in [1.807, 2.05) is 23.9 Å². The standard InChI is InChI=1S/C14H18N2S/c1-2-3-8-17-14-9-11(10-15)12-6-4-5-7-13(12)16-14/h4-7,9H,2-3,8,10,15H2,1H3. The Kier molecular flexibility index (Phi) is 4.40. The number of rotatable bonds is 5. The van der Waals surface area contributed by atoms with Crippen LogP contribution in [0.2, 0.25) is 0 Å². The molecular weight excluding hydrogens is 228 g/mol. The normalized spacial score (nSPS) is 10.9. The highest BCUT2D eigenvalue weighted by Crippen LogP contribution is 2.24. The fraction of sp³-hybridized carbons (Fsp3) is 0.357. The number of fused-ring (bicyclic) bond motifs is 1. The number of pyridine rings is 1. The molecule has 0 fully saturated rings. The molecule has 0 aliphatic heterocycles. The average Bonchev–Trinajstić information content (AvgIpc) is 2.38. The first-order valence-corrected chi connectivity index (χ1v) is 7.05. The Balaban J connectivity index is 2.32. The second-order valence-corrected chi connectivity index (χ2v) is 5.16. The van der Waals surface area contributed by atoms with Crippen molar-refractivity contribution < 1.29 is 0 Å². The summed E-state index contributed by atoms with van der Waals surface area (Å²) in [4.78, 5) is 4.66. The molecule has 2 nitrogen and oxygen atoms in total. The Hall–Kier alpha value is -1.06. The molecule has 1 heterocycles. The Morgan fingerprint density at radius 3 is 2.88 bits per heavy atom. The topological polar surface area (TPSA) is 38.9 Å². The number of thioether (sulfide) groups is 1. The van der Waals surface area contributed by atoms with Crippen molar-refractivity contribution in [3.05, 3.63) is 35.9 Å². The van der Waals surface area contributed by atoms with E-state index in [2.05, 4.69) is 30.1 Å². The molecule has 2 N–H and O–H groups in total. The number of hydrogen-bond acceptors (Lipinski definition) is 3. The van der Waals surface area contributed by atoms with E-state index in [9.17, 15) is 0 Å². The van der Waals surface area contributed by atoms with Crippen LogP contribution in [0.5, 0.6) is 0 Å². The maximum Gasteiger partial charge on any atom is 0.0970 e. The predicted octanol–water partition coefficient (Wildman–Crippen LogP) is 3.59. The lowest BCUT2D eigenvalue weighted by atomic mass is 10.1. The van der Waals surface area contributed by atoms with Gasteiger partial charge < -0.3 is 5.73 Å². The second kappa shape index (κ2) is 6.03. The number of aromatic nitrogens is 1. The van der Waals surface area contributed by atoms with Crippen molar-refractivity contribution >= 4 is 22.7 Å². The maximum absolute atomic E-state index is 5.80. The summed E-state index contributed by atoms with van der Waals surface area (Å²) in [6.45, 7) is 2.78. The van der Waals surface area contributed by atoms with Gasteiger partial charge in [-0.05, 0) is 29.9 Å². The summed E-state index contributed by atoms with van der Waals surface area (Å²) in [6.07, 6.45) is 2.46. The summed E-state index contributed by atoms with van der Waals surface area (Å²) >= 11 is 1.82. The SMILES string of the molecule is CCCCSc1cc(CN)c2ccccc2n1. The summed E-state index contributed by atoms with van der Waals surface area (Å²) in [5, 5.41) is 2.27. The highest BCUT2D eigenvalue weighted by Gasteiger charge is 2.04. The predicted molar refractivity (Wildman–Crippen MR) is 75.3 cm³/mol. The van der Waals surface area contributed by atoms with Crippen LogP contribution in [0.15, 0.2) is 35.4 Å². The Bertz CT molecular complexity index is 497. The molecule has 0 aliphatic carbocycles. The molecule has 1 aromatic carbocycles. The Morgan fingerprint density at radius 2 is 2.12 bits per heavy atom. The van der Waals surface area contributed by atoms with Crippen LogP contribution < -0.4 is 5.73 Å². The summed E-state index contributed by atoms with van der Waals surface area (Å²) in [5.41, 5.74) is 8.04. The number of nitrogens with zero attached hydrogens (tertiary/aromatic N) is 1. The highest BCUT2D eigenvalue weighted by molar-refractivity contribution is 7.99. The molecule has 0 atom stereocenters. The first-order valence-electron chi connectivity index (χ1n) is 6.06. The van der Waals surface area contributed by atoms with Gasteiger partial charge in [-0.2, -0.15) is 0 Å². The van der Waals surface area contributed by atoms with E-state index in [4.69, 9.17) is 5.73 Å². The monoisotopic (exact) mass is 246 g/mol. The van der Waals surface area contributed by atoms with Crippen LogP contribution >= 0.6 is 11.8 Å². The minimum Gasteiger partial charge on any atom is -0.326 e. The van der Waals surface area contributed by atoms with Crippen molar-refractivity contribution in [2.24, 2.45) is 5.73 Å². The zero-order valence-electron chi connectivity index (χ0n) is 10.1. The van der Waals surface area contributed by atoms with Gasteiger partial charge in [-0.3, -0.25) is 0 Å². The van der Waals surface area contributed by atoms with Crippen LogP contribution in [0.3, 0.4) is 0 Å². The zero-order chi connectivity index (χ0) is 12.1. The Morgan fingerprint density at radius 1 is 1.29 bits per heavy atom. The van der Waals surface area contributed by atoms with Gasteiger partial charge in [0.15, 0.2) is 0 Å².